The van der Waals surface area contributed by atoms with E-state index in [0.717, 1.165) is 5.69 Å². The molecule has 0 aliphatic rings. The molecule has 0 radical (unpaired) electrons. The number of rotatable bonds is 4. The third-order valence-corrected chi connectivity index (χ3v) is 3.41. The van der Waals surface area contributed by atoms with E-state index in [1.165, 1.54) is 12.4 Å². The molecule has 112 valence electrons. The number of nitrogens with zero attached hydrogens (tertiary/aromatic N) is 4. The van der Waals surface area contributed by atoms with Crippen molar-refractivity contribution in [2.45, 2.75) is 33.4 Å². The molecule has 0 spiro atoms. The molecule has 2 heterocycles. The highest BCUT2D eigenvalue weighted by atomic mass is 16.2. The van der Waals surface area contributed by atoms with Crippen molar-refractivity contribution in [1.29, 1.82) is 0 Å². The molecule has 0 aliphatic heterocycles. The minimum absolute atomic E-state index is 0.123. The van der Waals surface area contributed by atoms with Gasteiger partial charge in [-0.2, -0.15) is 5.10 Å². The average molecular weight is 289 g/mol. The van der Waals surface area contributed by atoms with Gasteiger partial charge in [-0.3, -0.25) is 9.59 Å². The molecule has 1 atom stereocenters. The summed E-state index contributed by atoms with van der Waals surface area (Å²) < 4.78 is 3.45. The van der Waals surface area contributed by atoms with E-state index in [4.69, 9.17) is 0 Å². The number of pyridine rings is 1. The largest absolute Gasteiger partial charge is 0.354 e. The van der Waals surface area contributed by atoms with E-state index < -0.39 is 5.91 Å². The average Bonchev–Trinajstić information content (AvgIpc) is 2.91. The Labute approximate surface area is 122 Å². The molecule has 2 rings (SSSR count). The molecule has 0 aromatic carbocycles. The molecule has 0 bridgehead atoms. The molecular formula is C14H19N5O2. The van der Waals surface area contributed by atoms with Gasteiger partial charge in [0.25, 0.3) is 5.91 Å². The highest BCUT2D eigenvalue weighted by molar-refractivity contribution is 5.94. The van der Waals surface area contributed by atoms with Crippen LogP contribution in [-0.4, -0.2) is 25.2 Å². The molecule has 21 heavy (non-hydrogen) atoms. The Morgan fingerprint density at radius 3 is 2.86 bits per heavy atom. The SMILES string of the molecule is CCn1ncnc1[C@@H](C)NC(=O)c1cn(C)c(C)cc1=O. The van der Waals surface area contributed by atoms with Crippen molar-refractivity contribution >= 4 is 5.91 Å². The molecule has 0 saturated carbocycles. The maximum absolute atomic E-state index is 12.3. The monoisotopic (exact) mass is 289 g/mol. The van der Waals surface area contributed by atoms with Crippen molar-refractivity contribution in [2.24, 2.45) is 7.05 Å². The number of carbonyl (C=O) groups excluding carboxylic acids is 1. The van der Waals surface area contributed by atoms with Crippen LogP contribution in [0.1, 0.15) is 41.8 Å². The summed E-state index contributed by atoms with van der Waals surface area (Å²) in [5.74, 6) is 0.253. The van der Waals surface area contributed by atoms with Crippen LogP contribution >= 0.6 is 0 Å². The van der Waals surface area contributed by atoms with Crippen molar-refractivity contribution < 1.29 is 4.79 Å². The summed E-state index contributed by atoms with van der Waals surface area (Å²) >= 11 is 0. The highest BCUT2D eigenvalue weighted by Crippen LogP contribution is 2.09. The van der Waals surface area contributed by atoms with Gasteiger partial charge >= 0.3 is 0 Å². The Balaban J connectivity index is 2.22. The number of hydrogen-bond donors (Lipinski definition) is 1. The summed E-state index contributed by atoms with van der Waals surface area (Å²) in [5, 5.41) is 6.85. The summed E-state index contributed by atoms with van der Waals surface area (Å²) in [6.07, 6.45) is 3.00. The zero-order valence-corrected chi connectivity index (χ0v) is 12.6. The smallest absolute Gasteiger partial charge is 0.257 e. The second-order valence-electron chi connectivity index (χ2n) is 4.93. The van der Waals surface area contributed by atoms with Crippen LogP contribution in [0.15, 0.2) is 23.4 Å². The standard InChI is InChI=1S/C14H19N5O2/c1-5-19-13(15-8-16-19)10(3)17-14(21)11-7-18(4)9(2)6-12(11)20/h6-8,10H,5H2,1-4H3,(H,17,21)/t10-/m1/s1. The first-order valence-corrected chi connectivity index (χ1v) is 6.79. The summed E-state index contributed by atoms with van der Waals surface area (Å²) in [6.45, 7) is 6.24. The Hall–Kier alpha value is -2.44. The van der Waals surface area contributed by atoms with E-state index in [-0.39, 0.29) is 17.0 Å². The minimum atomic E-state index is -0.409. The lowest BCUT2D eigenvalue weighted by Gasteiger charge is -2.14. The van der Waals surface area contributed by atoms with Crippen LogP contribution in [0.2, 0.25) is 0 Å². The first-order valence-electron chi connectivity index (χ1n) is 6.79. The van der Waals surface area contributed by atoms with E-state index in [1.54, 1.807) is 22.5 Å². The highest BCUT2D eigenvalue weighted by Gasteiger charge is 2.18. The van der Waals surface area contributed by atoms with Crippen LogP contribution in [0.3, 0.4) is 0 Å². The quantitative estimate of drug-likeness (QED) is 0.902. The van der Waals surface area contributed by atoms with E-state index in [0.29, 0.717) is 12.4 Å². The Morgan fingerprint density at radius 1 is 1.48 bits per heavy atom. The van der Waals surface area contributed by atoms with Gasteiger partial charge in [-0.05, 0) is 20.8 Å². The van der Waals surface area contributed by atoms with Crippen molar-refractivity contribution in [1.82, 2.24) is 24.6 Å². The summed E-state index contributed by atoms with van der Waals surface area (Å²) in [6, 6.07) is 1.12. The molecule has 0 aliphatic carbocycles. The fraction of sp³-hybridized carbons (Fsp3) is 0.429. The number of aromatic nitrogens is 4. The fourth-order valence-corrected chi connectivity index (χ4v) is 2.09. The second kappa shape index (κ2) is 5.90. The van der Waals surface area contributed by atoms with Gasteiger partial charge in [0.15, 0.2) is 5.43 Å². The molecule has 7 heteroatoms. The predicted octanol–water partition coefficient (Wildman–Crippen LogP) is 0.796. The van der Waals surface area contributed by atoms with E-state index in [1.807, 2.05) is 20.8 Å². The van der Waals surface area contributed by atoms with Gasteiger partial charge in [-0.1, -0.05) is 0 Å². The molecule has 0 unspecified atom stereocenters. The lowest BCUT2D eigenvalue weighted by molar-refractivity contribution is 0.0935. The summed E-state index contributed by atoms with van der Waals surface area (Å²) in [4.78, 5) is 28.3. The number of aryl methyl sites for hydroxylation is 3. The second-order valence-corrected chi connectivity index (χ2v) is 4.93. The Morgan fingerprint density at radius 2 is 2.19 bits per heavy atom. The first-order chi connectivity index (χ1) is 9.93. The Bertz CT molecular complexity index is 716. The normalized spacial score (nSPS) is 12.2. The molecule has 2 aromatic rings. The zero-order valence-electron chi connectivity index (χ0n) is 12.6. The van der Waals surface area contributed by atoms with E-state index >= 15 is 0 Å². The number of carbonyl (C=O) groups is 1. The van der Waals surface area contributed by atoms with E-state index in [9.17, 15) is 9.59 Å². The van der Waals surface area contributed by atoms with Gasteiger partial charge in [-0.25, -0.2) is 9.67 Å². The van der Waals surface area contributed by atoms with Crippen molar-refractivity contribution in [2.75, 3.05) is 0 Å². The molecule has 1 amide bonds. The van der Waals surface area contributed by atoms with Crippen LogP contribution in [0.5, 0.6) is 0 Å². The van der Waals surface area contributed by atoms with Gasteiger partial charge in [-0.15, -0.1) is 0 Å². The topological polar surface area (TPSA) is 81.8 Å². The molecule has 2 aromatic heterocycles. The van der Waals surface area contributed by atoms with Crippen LogP contribution in [-0.2, 0) is 13.6 Å². The number of hydrogen-bond acceptors (Lipinski definition) is 4. The van der Waals surface area contributed by atoms with Crippen LogP contribution < -0.4 is 10.7 Å². The lowest BCUT2D eigenvalue weighted by atomic mass is 10.2. The maximum Gasteiger partial charge on any atom is 0.257 e. The third-order valence-electron chi connectivity index (χ3n) is 3.41. The fourth-order valence-electron chi connectivity index (χ4n) is 2.09. The zero-order chi connectivity index (χ0) is 15.6. The first kappa shape index (κ1) is 15.0. The van der Waals surface area contributed by atoms with E-state index in [2.05, 4.69) is 15.4 Å². The van der Waals surface area contributed by atoms with Gasteiger partial charge in [0, 0.05) is 31.5 Å². The molecular weight excluding hydrogens is 270 g/mol. The lowest BCUT2D eigenvalue weighted by Crippen LogP contribution is -2.32. The summed E-state index contributed by atoms with van der Waals surface area (Å²) in [5.41, 5.74) is 0.639. The van der Waals surface area contributed by atoms with Gasteiger partial charge in [0.1, 0.15) is 17.7 Å². The van der Waals surface area contributed by atoms with Gasteiger partial charge in [0.2, 0.25) is 0 Å². The van der Waals surface area contributed by atoms with Crippen molar-refractivity contribution in [3.05, 3.63) is 45.9 Å². The molecule has 0 fully saturated rings. The number of nitrogens with one attached hydrogen (secondary N) is 1. The molecule has 7 nitrogen and oxygen atoms in total. The Kier molecular flexibility index (Phi) is 4.21. The van der Waals surface area contributed by atoms with Crippen LogP contribution in [0.4, 0.5) is 0 Å². The predicted molar refractivity (Wildman–Crippen MR) is 78.0 cm³/mol. The van der Waals surface area contributed by atoms with Gasteiger partial charge < -0.3 is 9.88 Å². The maximum atomic E-state index is 12.3. The van der Waals surface area contributed by atoms with Crippen molar-refractivity contribution in [3.63, 3.8) is 0 Å². The van der Waals surface area contributed by atoms with Gasteiger partial charge in [0.05, 0.1) is 6.04 Å². The molecule has 0 saturated heterocycles. The van der Waals surface area contributed by atoms with Crippen LogP contribution in [0.25, 0.3) is 0 Å². The third kappa shape index (κ3) is 3.01. The van der Waals surface area contributed by atoms with Crippen LogP contribution in [0, 0.1) is 6.92 Å². The number of amides is 1. The molecule has 1 N–H and O–H groups in total. The minimum Gasteiger partial charge on any atom is -0.354 e. The summed E-state index contributed by atoms with van der Waals surface area (Å²) in [7, 11) is 1.79. The van der Waals surface area contributed by atoms with Crippen molar-refractivity contribution in [3.8, 4) is 0 Å².